The SMILES string of the molecule is [2H]c1ccc(-c2ccccc2-c2c3ccccc3c(-c3cccc4oc5c6ccccc6ccc5c34)c3ccccc23)cc1. The molecule has 8 aromatic carbocycles. The van der Waals surface area contributed by atoms with E-state index < -0.39 is 0 Å². The predicted molar refractivity (Wildman–Crippen MR) is 183 cm³/mol. The molecule has 0 radical (unpaired) electrons. The molecule has 0 unspecified atom stereocenters. The van der Waals surface area contributed by atoms with Crippen LogP contribution < -0.4 is 0 Å². The highest BCUT2D eigenvalue weighted by atomic mass is 16.3. The van der Waals surface area contributed by atoms with Crippen LogP contribution in [0.15, 0.2) is 162 Å². The summed E-state index contributed by atoms with van der Waals surface area (Å²) in [4.78, 5) is 0. The van der Waals surface area contributed by atoms with E-state index >= 15 is 0 Å². The van der Waals surface area contributed by atoms with Crippen LogP contribution in [0.3, 0.4) is 0 Å². The van der Waals surface area contributed by atoms with Crippen molar-refractivity contribution in [2.75, 3.05) is 0 Å². The average Bonchev–Trinajstić information content (AvgIpc) is 3.47. The Kier molecular flexibility index (Phi) is 5.04. The van der Waals surface area contributed by atoms with Gasteiger partial charge in [0.1, 0.15) is 11.2 Å². The molecule has 0 saturated heterocycles. The Labute approximate surface area is 250 Å². The van der Waals surface area contributed by atoms with Crippen molar-refractivity contribution in [3.63, 3.8) is 0 Å². The van der Waals surface area contributed by atoms with Gasteiger partial charge in [0, 0.05) is 16.2 Å². The summed E-state index contributed by atoms with van der Waals surface area (Å²) in [5, 5.41) is 9.42. The Bertz CT molecular complexity index is 2500. The smallest absolute Gasteiger partial charge is 0.143 e. The molecule has 9 rings (SSSR count). The second-order valence-corrected chi connectivity index (χ2v) is 11.1. The molecular weight excluding hydrogens is 520 g/mol. The van der Waals surface area contributed by atoms with Crippen molar-refractivity contribution >= 4 is 54.3 Å². The van der Waals surface area contributed by atoms with E-state index in [1.807, 2.05) is 24.3 Å². The highest BCUT2D eigenvalue weighted by Crippen LogP contribution is 2.48. The number of hydrogen-bond acceptors (Lipinski definition) is 1. The highest BCUT2D eigenvalue weighted by molar-refractivity contribution is 6.27. The van der Waals surface area contributed by atoms with Crippen LogP contribution in [0.2, 0.25) is 0 Å². The number of hydrogen-bond donors (Lipinski definition) is 0. The van der Waals surface area contributed by atoms with Crippen molar-refractivity contribution in [2.24, 2.45) is 0 Å². The van der Waals surface area contributed by atoms with Gasteiger partial charge in [-0.25, -0.2) is 0 Å². The zero-order chi connectivity index (χ0) is 29.2. The Hall–Kier alpha value is -5.66. The lowest BCUT2D eigenvalue weighted by molar-refractivity contribution is 0.673. The molecule has 0 atom stereocenters. The summed E-state index contributed by atoms with van der Waals surface area (Å²) in [6.45, 7) is 0. The minimum Gasteiger partial charge on any atom is -0.455 e. The maximum atomic E-state index is 8.02. The third-order valence-electron chi connectivity index (χ3n) is 8.81. The maximum Gasteiger partial charge on any atom is 0.143 e. The molecule has 0 spiro atoms. The number of furan rings is 1. The first-order valence-electron chi connectivity index (χ1n) is 15.2. The summed E-state index contributed by atoms with van der Waals surface area (Å²) >= 11 is 0. The third-order valence-corrected chi connectivity index (χ3v) is 8.81. The maximum absolute atomic E-state index is 8.02. The number of benzene rings is 8. The summed E-state index contributed by atoms with van der Waals surface area (Å²) in [5.41, 5.74) is 8.90. The first-order chi connectivity index (χ1) is 21.8. The molecule has 0 fully saturated rings. The molecule has 9 aromatic rings. The molecule has 0 bridgehead atoms. The van der Waals surface area contributed by atoms with Gasteiger partial charge in [-0.1, -0.05) is 146 Å². The van der Waals surface area contributed by atoms with Crippen molar-refractivity contribution < 1.29 is 5.79 Å². The molecular formula is C42H26O. The standard InChI is InChI=1S/C42H26O/c1-2-13-27(14-3-1)29-16-6-7-18-31(29)39-32-19-8-10-21-34(32)40(35-22-11-9-20-33(35)39)36-23-12-24-38-41(36)37-26-25-28-15-4-5-17-30(28)42(37)43-38/h1-26H/i1D. The molecule has 0 aliphatic carbocycles. The van der Waals surface area contributed by atoms with E-state index in [2.05, 4.69) is 127 Å². The first-order valence-corrected chi connectivity index (χ1v) is 14.7. The Morgan fingerprint density at radius 3 is 1.65 bits per heavy atom. The minimum atomic E-state index is 0.514. The fraction of sp³-hybridized carbons (Fsp3) is 0. The summed E-state index contributed by atoms with van der Waals surface area (Å²) in [7, 11) is 0. The Morgan fingerprint density at radius 2 is 0.953 bits per heavy atom. The minimum absolute atomic E-state index is 0.514. The molecule has 0 saturated carbocycles. The van der Waals surface area contributed by atoms with Crippen LogP contribution in [-0.4, -0.2) is 0 Å². The fourth-order valence-corrected chi connectivity index (χ4v) is 6.99. The van der Waals surface area contributed by atoms with E-state index in [0.717, 1.165) is 38.5 Å². The Balaban J connectivity index is 1.41. The van der Waals surface area contributed by atoms with Gasteiger partial charge in [0.2, 0.25) is 0 Å². The fourth-order valence-electron chi connectivity index (χ4n) is 6.99. The lowest BCUT2D eigenvalue weighted by Crippen LogP contribution is -1.93. The highest BCUT2D eigenvalue weighted by Gasteiger charge is 2.21. The van der Waals surface area contributed by atoms with Gasteiger partial charge >= 0.3 is 0 Å². The van der Waals surface area contributed by atoms with Gasteiger partial charge in [-0.05, 0) is 72.4 Å². The zero-order valence-corrected chi connectivity index (χ0v) is 23.3. The lowest BCUT2D eigenvalue weighted by Gasteiger charge is -2.20. The summed E-state index contributed by atoms with van der Waals surface area (Å²) in [6, 6.07) is 53.9. The van der Waals surface area contributed by atoms with E-state index in [0.29, 0.717) is 6.04 Å². The first kappa shape index (κ1) is 23.0. The van der Waals surface area contributed by atoms with Crippen LogP contribution in [0, 0.1) is 0 Å². The van der Waals surface area contributed by atoms with Gasteiger partial charge in [0.15, 0.2) is 0 Å². The zero-order valence-electron chi connectivity index (χ0n) is 24.3. The van der Waals surface area contributed by atoms with E-state index in [-0.39, 0.29) is 0 Å². The van der Waals surface area contributed by atoms with Crippen LogP contribution >= 0.6 is 0 Å². The van der Waals surface area contributed by atoms with Crippen LogP contribution in [0.4, 0.5) is 0 Å². The molecule has 1 heteroatoms. The van der Waals surface area contributed by atoms with Crippen molar-refractivity contribution in [1.82, 2.24) is 0 Å². The van der Waals surface area contributed by atoms with Gasteiger partial charge < -0.3 is 4.42 Å². The largest absolute Gasteiger partial charge is 0.455 e. The van der Waals surface area contributed by atoms with Gasteiger partial charge in [0.05, 0.1) is 1.37 Å². The molecule has 0 amide bonds. The summed E-state index contributed by atoms with van der Waals surface area (Å²) < 4.78 is 14.6. The van der Waals surface area contributed by atoms with E-state index in [9.17, 15) is 0 Å². The molecule has 43 heavy (non-hydrogen) atoms. The molecule has 1 aromatic heterocycles. The van der Waals surface area contributed by atoms with Gasteiger partial charge in [-0.2, -0.15) is 0 Å². The lowest BCUT2D eigenvalue weighted by atomic mass is 9.83. The molecule has 0 aliphatic heterocycles. The monoisotopic (exact) mass is 547 g/mol. The van der Waals surface area contributed by atoms with E-state index in [1.54, 1.807) is 0 Å². The van der Waals surface area contributed by atoms with E-state index in [4.69, 9.17) is 5.79 Å². The normalized spacial score (nSPS) is 12.0. The van der Waals surface area contributed by atoms with Crippen LogP contribution in [0.25, 0.3) is 87.6 Å². The molecule has 1 nitrogen and oxygen atoms in total. The second-order valence-electron chi connectivity index (χ2n) is 11.1. The average molecular weight is 548 g/mol. The molecule has 1 heterocycles. The van der Waals surface area contributed by atoms with Crippen molar-refractivity contribution in [1.29, 1.82) is 0 Å². The molecule has 0 N–H and O–H groups in total. The van der Waals surface area contributed by atoms with Gasteiger partial charge in [-0.3, -0.25) is 0 Å². The third kappa shape index (κ3) is 3.58. The van der Waals surface area contributed by atoms with Crippen molar-refractivity contribution in [2.45, 2.75) is 0 Å². The van der Waals surface area contributed by atoms with E-state index in [1.165, 1.54) is 49.2 Å². The molecule has 200 valence electrons. The van der Waals surface area contributed by atoms with Crippen LogP contribution in [-0.2, 0) is 0 Å². The summed E-state index contributed by atoms with van der Waals surface area (Å²) in [5.74, 6) is 0. The van der Waals surface area contributed by atoms with Gasteiger partial charge in [-0.15, -0.1) is 0 Å². The topological polar surface area (TPSA) is 13.1 Å². The number of rotatable bonds is 3. The van der Waals surface area contributed by atoms with Crippen molar-refractivity contribution in [3.05, 3.63) is 158 Å². The quantitative estimate of drug-likeness (QED) is 0.201. The van der Waals surface area contributed by atoms with Crippen molar-refractivity contribution in [3.8, 4) is 33.4 Å². The van der Waals surface area contributed by atoms with Crippen LogP contribution in [0.5, 0.6) is 0 Å². The van der Waals surface area contributed by atoms with Gasteiger partial charge in [0.25, 0.3) is 0 Å². The predicted octanol–water partition coefficient (Wildman–Crippen LogP) is 12.0. The summed E-state index contributed by atoms with van der Waals surface area (Å²) in [6.07, 6.45) is 0. The number of fused-ring (bicyclic) bond motifs is 7. The Morgan fingerprint density at radius 1 is 0.395 bits per heavy atom. The second kappa shape index (κ2) is 9.44. The molecule has 0 aliphatic rings. The van der Waals surface area contributed by atoms with Crippen LogP contribution in [0.1, 0.15) is 1.37 Å².